The van der Waals surface area contributed by atoms with Gasteiger partial charge >= 0.3 is 5.97 Å². The van der Waals surface area contributed by atoms with Gasteiger partial charge in [-0.25, -0.2) is 14.8 Å². The van der Waals surface area contributed by atoms with Crippen molar-refractivity contribution in [2.24, 2.45) is 0 Å². The normalized spacial score (nSPS) is 11.3. The molecule has 0 amide bonds. The Kier molecular flexibility index (Phi) is 4.79. The van der Waals surface area contributed by atoms with E-state index in [1.54, 1.807) is 0 Å². The third-order valence-electron chi connectivity index (χ3n) is 3.48. The summed E-state index contributed by atoms with van der Waals surface area (Å²) in [6.45, 7) is 7.81. The van der Waals surface area contributed by atoms with E-state index in [2.05, 4.69) is 15.0 Å². The molecule has 0 saturated heterocycles. The number of hydrogen-bond donors (Lipinski definition) is 2. The maximum Gasteiger partial charge on any atom is 0.337 e. The number of carboxylic acid groups (broad SMARTS) is 1. The second-order valence-corrected chi connectivity index (χ2v) is 6.51. The van der Waals surface area contributed by atoms with Gasteiger partial charge in [-0.2, -0.15) is 0 Å². The molecule has 0 aliphatic heterocycles. The Morgan fingerprint density at radius 3 is 2.19 bits per heavy atom. The number of hydrogen-bond acceptors (Lipinski definition) is 5. The number of imidazole rings is 1. The molecule has 26 heavy (non-hydrogen) atoms. The maximum absolute atomic E-state index is 11.1. The molecule has 0 atom stereocenters. The van der Waals surface area contributed by atoms with Crippen molar-refractivity contribution < 1.29 is 19.4 Å². The highest BCUT2D eigenvalue weighted by Gasteiger charge is 2.13. The van der Waals surface area contributed by atoms with Gasteiger partial charge < -0.3 is 19.6 Å². The SMILES string of the molecule is CC(C)Oc1cc(OC(C)C)cc(-c2nc3cc(C(=O)O)cnc3[nH]2)c1. The molecule has 7 nitrogen and oxygen atoms in total. The zero-order valence-corrected chi connectivity index (χ0v) is 15.1. The van der Waals surface area contributed by atoms with Gasteiger partial charge in [-0.05, 0) is 45.9 Å². The lowest BCUT2D eigenvalue weighted by molar-refractivity contribution is 0.0696. The fourth-order valence-corrected chi connectivity index (χ4v) is 2.54. The maximum atomic E-state index is 11.1. The first-order valence-electron chi connectivity index (χ1n) is 8.39. The second kappa shape index (κ2) is 7.03. The van der Waals surface area contributed by atoms with E-state index in [4.69, 9.17) is 14.6 Å². The molecular formula is C19H21N3O4. The average Bonchev–Trinajstić information content (AvgIpc) is 2.96. The van der Waals surface area contributed by atoms with Crippen molar-refractivity contribution >= 4 is 17.1 Å². The number of pyridine rings is 1. The molecule has 7 heteroatoms. The van der Waals surface area contributed by atoms with Gasteiger partial charge in [0, 0.05) is 17.8 Å². The van der Waals surface area contributed by atoms with Gasteiger partial charge in [-0.3, -0.25) is 0 Å². The molecule has 0 unspecified atom stereocenters. The smallest absolute Gasteiger partial charge is 0.337 e. The van der Waals surface area contributed by atoms with Crippen LogP contribution in [0.15, 0.2) is 30.5 Å². The number of aromatic amines is 1. The summed E-state index contributed by atoms with van der Waals surface area (Å²) >= 11 is 0. The third kappa shape index (κ3) is 3.93. The molecule has 0 aliphatic carbocycles. The molecule has 0 saturated carbocycles. The highest BCUT2D eigenvalue weighted by Crippen LogP contribution is 2.30. The molecular weight excluding hydrogens is 334 g/mol. The summed E-state index contributed by atoms with van der Waals surface area (Å²) in [4.78, 5) is 22.8. The fraction of sp³-hybridized carbons (Fsp3) is 0.316. The van der Waals surface area contributed by atoms with Crippen LogP contribution in [0.4, 0.5) is 0 Å². The summed E-state index contributed by atoms with van der Waals surface area (Å²) in [6, 6.07) is 7.06. The van der Waals surface area contributed by atoms with Gasteiger partial charge in [0.25, 0.3) is 0 Å². The van der Waals surface area contributed by atoms with Gasteiger partial charge in [0.1, 0.15) is 22.8 Å². The Bertz CT molecular complexity index is 919. The Morgan fingerprint density at radius 2 is 1.65 bits per heavy atom. The number of aromatic nitrogens is 3. The molecule has 1 aromatic carbocycles. The summed E-state index contributed by atoms with van der Waals surface area (Å²) < 4.78 is 11.6. The van der Waals surface area contributed by atoms with Crippen molar-refractivity contribution in [3.63, 3.8) is 0 Å². The van der Waals surface area contributed by atoms with Crippen LogP contribution in [0.2, 0.25) is 0 Å². The number of rotatable bonds is 6. The van der Waals surface area contributed by atoms with Crippen molar-refractivity contribution in [2.75, 3.05) is 0 Å². The Labute approximate surface area is 151 Å². The third-order valence-corrected chi connectivity index (χ3v) is 3.48. The molecule has 0 radical (unpaired) electrons. The van der Waals surface area contributed by atoms with Crippen LogP contribution in [0.25, 0.3) is 22.6 Å². The Hall–Kier alpha value is -3.09. The quantitative estimate of drug-likeness (QED) is 0.696. The summed E-state index contributed by atoms with van der Waals surface area (Å²) in [5.41, 5.74) is 1.87. The van der Waals surface area contributed by atoms with Crippen LogP contribution in [0.3, 0.4) is 0 Å². The number of carboxylic acids is 1. The van der Waals surface area contributed by atoms with Crippen LogP contribution in [0.1, 0.15) is 38.1 Å². The molecule has 0 spiro atoms. The Morgan fingerprint density at radius 1 is 1.04 bits per heavy atom. The lowest BCUT2D eigenvalue weighted by Crippen LogP contribution is -2.08. The predicted octanol–water partition coefficient (Wildman–Crippen LogP) is 3.90. The summed E-state index contributed by atoms with van der Waals surface area (Å²) in [5.74, 6) is 0.877. The first-order chi connectivity index (χ1) is 12.3. The van der Waals surface area contributed by atoms with Gasteiger partial charge in [0.15, 0.2) is 5.65 Å². The number of H-pyrrole nitrogens is 1. The number of fused-ring (bicyclic) bond motifs is 1. The second-order valence-electron chi connectivity index (χ2n) is 6.51. The fourth-order valence-electron chi connectivity index (χ4n) is 2.54. The predicted molar refractivity (Wildman–Crippen MR) is 97.8 cm³/mol. The highest BCUT2D eigenvalue weighted by atomic mass is 16.5. The molecule has 2 N–H and O–H groups in total. The molecule has 2 aromatic heterocycles. The first kappa shape index (κ1) is 17.7. The molecule has 2 heterocycles. The van der Waals surface area contributed by atoms with Crippen LogP contribution in [-0.2, 0) is 0 Å². The number of aromatic carboxylic acids is 1. The van der Waals surface area contributed by atoms with Crippen LogP contribution in [0, 0.1) is 0 Å². The van der Waals surface area contributed by atoms with Crippen LogP contribution < -0.4 is 9.47 Å². The van der Waals surface area contributed by atoms with Crippen LogP contribution in [0.5, 0.6) is 11.5 Å². The molecule has 0 bridgehead atoms. The lowest BCUT2D eigenvalue weighted by atomic mass is 10.2. The van der Waals surface area contributed by atoms with Crippen molar-refractivity contribution in [2.45, 2.75) is 39.9 Å². The monoisotopic (exact) mass is 355 g/mol. The standard InChI is InChI=1S/C19H21N3O4/c1-10(2)25-14-5-12(6-15(8-14)26-11(3)4)17-21-16-7-13(19(23)24)9-20-18(16)22-17/h5-11H,1-4H3,(H,23,24)(H,20,21,22). The van der Waals surface area contributed by atoms with E-state index in [0.29, 0.717) is 28.5 Å². The minimum Gasteiger partial charge on any atom is -0.491 e. The Balaban J connectivity index is 2.06. The minimum atomic E-state index is -1.04. The largest absolute Gasteiger partial charge is 0.491 e. The molecule has 3 aromatic rings. The van der Waals surface area contributed by atoms with Gasteiger partial charge in [-0.1, -0.05) is 0 Å². The number of nitrogens with zero attached hydrogens (tertiary/aromatic N) is 2. The summed E-state index contributed by atoms with van der Waals surface area (Å²) in [5, 5.41) is 9.10. The molecule has 3 rings (SSSR count). The zero-order chi connectivity index (χ0) is 18.8. The zero-order valence-electron chi connectivity index (χ0n) is 15.1. The number of carbonyl (C=O) groups is 1. The summed E-state index contributed by atoms with van der Waals surface area (Å²) in [6.07, 6.45) is 1.35. The molecule has 0 aliphatic rings. The van der Waals surface area contributed by atoms with Crippen molar-refractivity contribution in [1.29, 1.82) is 0 Å². The lowest BCUT2D eigenvalue weighted by Gasteiger charge is -2.15. The summed E-state index contributed by atoms with van der Waals surface area (Å²) in [7, 11) is 0. The number of nitrogens with one attached hydrogen (secondary N) is 1. The van der Waals surface area contributed by atoms with E-state index in [-0.39, 0.29) is 17.8 Å². The van der Waals surface area contributed by atoms with Gasteiger partial charge in [0.05, 0.1) is 17.8 Å². The van der Waals surface area contributed by atoms with Crippen LogP contribution >= 0.6 is 0 Å². The van der Waals surface area contributed by atoms with Gasteiger partial charge in [-0.15, -0.1) is 0 Å². The number of ether oxygens (including phenoxy) is 2. The van der Waals surface area contributed by atoms with E-state index >= 15 is 0 Å². The minimum absolute atomic E-state index is 0.0209. The van der Waals surface area contributed by atoms with Crippen molar-refractivity contribution in [1.82, 2.24) is 15.0 Å². The highest BCUT2D eigenvalue weighted by molar-refractivity contribution is 5.91. The molecule has 136 valence electrons. The van der Waals surface area contributed by atoms with Crippen LogP contribution in [-0.4, -0.2) is 38.2 Å². The first-order valence-corrected chi connectivity index (χ1v) is 8.39. The number of benzene rings is 1. The van der Waals surface area contributed by atoms with Gasteiger partial charge in [0.2, 0.25) is 0 Å². The van der Waals surface area contributed by atoms with E-state index in [9.17, 15) is 4.79 Å². The van der Waals surface area contributed by atoms with E-state index in [1.807, 2.05) is 45.9 Å². The van der Waals surface area contributed by atoms with E-state index < -0.39 is 5.97 Å². The van der Waals surface area contributed by atoms with E-state index in [0.717, 1.165) is 5.56 Å². The average molecular weight is 355 g/mol. The van der Waals surface area contributed by atoms with Crippen molar-refractivity contribution in [3.8, 4) is 22.9 Å². The van der Waals surface area contributed by atoms with E-state index in [1.165, 1.54) is 12.3 Å². The molecule has 0 fully saturated rings. The topological polar surface area (TPSA) is 97.3 Å². The van der Waals surface area contributed by atoms with Crippen molar-refractivity contribution in [3.05, 3.63) is 36.0 Å².